The van der Waals surface area contributed by atoms with Crippen LogP contribution in [0.15, 0.2) is 53.7 Å². The number of halogens is 2. The van der Waals surface area contributed by atoms with E-state index in [1.807, 2.05) is 48.5 Å². The Kier molecular flexibility index (Phi) is 3.89. The number of nitrogens with one attached hydrogen (secondary N) is 1. The molecule has 1 N–H and O–H groups in total. The van der Waals surface area contributed by atoms with Gasteiger partial charge in [0.15, 0.2) is 5.84 Å². The molecule has 2 aliphatic heterocycles. The molecule has 2 atom stereocenters. The first-order valence-electron chi connectivity index (χ1n) is 7.49. The van der Waals surface area contributed by atoms with Crippen LogP contribution in [0.3, 0.4) is 0 Å². The van der Waals surface area contributed by atoms with E-state index in [0.29, 0.717) is 5.02 Å². The van der Waals surface area contributed by atoms with E-state index in [0.717, 1.165) is 35.0 Å². The molecule has 0 aliphatic carbocycles. The third-order valence-electron chi connectivity index (χ3n) is 4.14. The molecule has 2 aliphatic rings. The molecule has 0 spiro atoms. The lowest BCUT2D eigenvalue weighted by Gasteiger charge is -2.38. The first kappa shape index (κ1) is 14.8. The van der Waals surface area contributed by atoms with E-state index in [1.54, 1.807) is 0 Å². The van der Waals surface area contributed by atoms with Crippen LogP contribution in [0.2, 0.25) is 10.0 Å². The summed E-state index contributed by atoms with van der Waals surface area (Å²) in [5, 5.41) is 9.15. The van der Waals surface area contributed by atoms with Crippen molar-refractivity contribution in [3.05, 3.63) is 69.7 Å². The summed E-state index contributed by atoms with van der Waals surface area (Å²) in [7, 11) is 0. The Morgan fingerprint density at radius 1 is 1.00 bits per heavy atom. The zero-order chi connectivity index (χ0) is 15.8. The second-order valence-electron chi connectivity index (χ2n) is 5.52. The van der Waals surface area contributed by atoms with E-state index in [-0.39, 0.29) is 12.4 Å². The normalized spacial score (nSPS) is 23.2. The van der Waals surface area contributed by atoms with Crippen molar-refractivity contribution >= 4 is 29.0 Å². The molecule has 4 nitrogen and oxygen atoms in total. The number of nitrogens with zero attached hydrogens (tertiary/aromatic N) is 2. The van der Waals surface area contributed by atoms with Crippen LogP contribution >= 0.6 is 23.2 Å². The largest absolute Gasteiger partial charge is 0.364 e. The van der Waals surface area contributed by atoms with Gasteiger partial charge in [-0.2, -0.15) is 0 Å². The van der Waals surface area contributed by atoms with E-state index in [4.69, 9.17) is 28.0 Å². The number of amidine groups is 1. The highest BCUT2D eigenvalue weighted by molar-refractivity contribution is 6.31. The van der Waals surface area contributed by atoms with Crippen LogP contribution in [-0.2, 0) is 4.84 Å². The third kappa shape index (κ3) is 2.57. The minimum Gasteiger partial charge on any atom is -0.364 e. The Morgan fingerprint density at radius 3 is 2.35 bits per heavy atom. The quantitative estimate of drug-likeness (QED) is 0.878. The molecule has 0 bridgehead atoms. The van der Waals surface area contributed by atoms with Crippen LogP contribution in [0.25, 0.3) is 0 Å². The number of hydrogen-bond acceptors (Lipinski definition) is 4. The number of fused-ring (bicyclic) bond motifs is 1. The van der Waals surface area contributed by atoms with E-state index >= 15 is 0 Å². The van der Waals surface area contributed by atoms with Gasteiger partial charge in [0.25, 0.3) is 0 Å². The summed E-state index contributed by atoms with van der Waals surface area (Å²) in [6.45, 7) is 0.823. The predicted octanol–water partition coefficient (Wildman–Crippen LogP) is 4.33. The van der Waals surface area contributed by atoms with Crippen molar-refractivity contribution in [3.8, 4) is 0 Å². The fourth-order valence-corrected chi connectivity index (χ4v) is 3.53. The third-order valence-corrected chi connectivity index (χ3v) is 4.83. The molecule has 1 fully saturated rings. The molecule has 0 radical (unpaired) electrons. The second-order valence-corrected chi connectivity index (χ2v) is 6.34. The summed E-state index contributed by atoms with van der Waals surface area (Å²) >= 11 is 12.8. The van der Waals surface area contributed by atoms with E-state index in [2.05, 4.69) is 15.4 Å². The fraction of sp³-hybridized carbons (Fsp3) is 0.235. The van der Waals surface area contributed by atoms with Gasteiger partial charge in [-0.3, -0.25) is 10.2 Å². The van der Waals surface area contributed by atoms with Crippen molar-refractivity contribution < 1.29 is 4.84 Å². The number of oxime groups is 1. The van der Waals surface area contributed by atoms with E-state index in [9.17, 15) is 0 Å². The van der Waals surface area contributed by atoms with Gasteiger partial charge in [0, 0.05) is 34.1 Å². The maximum atomic E-state index is 6.40. The molecule has 23 heavy (non-hydrogen) atoms. The minimum absolute atomic E-state index is 0.0972. The lowest BCUT2D eigenvalue weighted by molar-refractivity contribution is -0.0168. The molecule has 0 saturated carbocycles. The summed E-state index contributed by atoms with van der Waals surface area (Å²) in [5.41, 5.74) is 1.90. The topological polar surface area (TPSA) is 36.9 Å². The maximum Gasteiger partial charge on any atom is 0.230 e. The molecule has 6 heteroatoms. The summed E-state index contributed by atoms with van der Waals surface area (Å²) in [4.78, 5) is 7.82. The van der Waals surface area contributed by atoms with Crippen LogP contribution in [0.5, 0.6) is 0 Å². The average Bonchev–Trinajstić information content (AvgIpc) is 3.00. The van der Waals surface area contributed by atoms with Gasteiger partial charge in [0.05, 0.1) is 0 Å². The summed E-state index contributed by atoms with van der Waals surface area (Å²) in [6, 6.07) is 15.5. The van der Waals surface area contributed by atoms with Crippen molar-refractivity contribution in [1.82, 2.24) is 10.2 Å². The van der Waals surface area contributed by atoms with Crippen LogP contribution in [-0.4, -0.2) is 17.3 Å². The van der Waals surface area contributed by atoms with Gasteiger partial charge in [-0.05, 0) is 12.1 Å². The fourth-order valence-electron chi connectivity index (χ4n) is 3.06. The Bertz CT molecular complexity index is 765. The molecular formula is C17H15Cl2N3O. The number of benzene rings is 2. The van der Waals surface area contributed by atoms with E-state index in [1.165, 1.54) is 0 Å². The van der Waals surface area contributed by atoms with Crippen LogP contribution in [0.4, 0.5) is 0 Å². The highest BCUT2D eigenvalue weighted by atomic mass is 35.5. The van der Waals surface area contributed by atoms with Gasteiger partial charge in [-0.25, -0.2) is 0 Å². The molecular weight excluding hydrogens is 333 g/mol. The van der Waals surface area contributed by atoms with Gasteiger partial charge in [0.2, 0.25) is 6.23 Å². The second kappa shape index (κ2) is 6.04. The molecule has 1 saturated heterocycles. The molecule has 2 heterocycles. The zero-order valence-corrected chi connectivity index (χ0v) is 13.8. The highest BCUT2D eigenvalue weighted by Crippen LogP contribution is 2.40. The molecule has 4 rings (SSSR count). The SMILES string of the molecule is Clc1ccccc1C1NCCC2=NOC(c3ccccc3Cl)N21. The van der Waals surface area contributed by atoms with Crippen LogP contribution in [0, 0.1) is 0 Å². The van der Waals surface area contributed by atoms with Crippen LogP contribution in [0.1, 0.15) is 29.9 Å². The predicted molar refractivity (Wildman–Crippen MR) is 91.4 cm³/mol. The molecule has 0 aromatic heterocycles. The Morgan fingerprint density at radius 2 is 1.65 bits per heavy atom. The van der Waals surface area contributed by atoms with Gasteiger partial charge in [-0.1, -0.05) is 64.8 Å². The van der Waals surface area contributed by atoms with E-state index < -0.39 is 0 Å². The molecule has 2 unspecified atom stereocenters. The monoisotopic (exact) mass is 347 g/mol. The Labute approximate surface area is 144 Å². The molecule has 2 aromatic carbocycles. The zero-order valence-electron chi connectivity index (χ0n) is 12.2. The average molecular weight is 348 g/mol. The first-order valence-corrected chi connectivity index (χ1v) is 8.24. The number of hydrogen-bond donors (Lipinski definition) is 1. The van der Waals surface area contributed by atoms with Crippen molar-refractivity contribution in [2.45, 2.75) is 18.8 Å². The highest BCUT2D eigenvalue weighted by Gasteiger charge is 2.40. The maximum absolute atomic E-state index is 6.40. The minimum atomic E-state index is -0.354. The molecule has 0 amide bonds. The molecule has 118 valence electrons. The number of rotatable bonds is 2. The smallest absolute Gasteiger partial charge is 0.230 e. The Balaban J connectivity index is 1.75. The van der Waals surface area contributed by atoms with Gasteiger partial charge < -0.3 is 4.84 Å². The van der Waals surface area contributed by atoms with Gasteiger partial charge in [0.1, 0.15) is 6.17 Å². The summed E-state index contributed by atoms with van der Waals surface area (Å²) < 4.78 is 0. The van der Waals surface area contributed by atoms with Crippen molar-refractivity contribution in [2.24, 2.45) is 5.16 Å². The summed E-state index contributed by atoms with van der Waals surface area (Å²) in [6.07, 6.45) is 0.356. The van der Waals surface area contributed by atoms with Gasteiger partial charge >= 0.3 is 0 Å². The van der Waals surface area contributed by atoms with Crippen molar-refractivity contribution in [1.29, 1.82) is 0 Å². The van der Waals surface area contributed by atoms with Crippen molar-refractivity contribution in [3.63, 3.8) is 0 Å². The first-order chi connectivity index (χ1) is 11.3. The van der Waals surface area contributed by atoms with Crippen molar-refractivity contribution in [2.75, 3.05) is 6.54 Å². The standard InChI is InChI=1S/C17H15Cl2N3O/c18-13-7-3-1-5-11(13)16-20-10-9-15-21-23-17(22(15)16)12-6-2-4-8-14(12)19/h1-8,16-17,20H,9-10H2. The van der Waals surface area contributed by atoms with Gasteiger partial charge in [-0.15, -0.1) is 0 Å². The lowest BCUT2D eigenvalue weighted by Crippen LogP contribution is -2.47. The summed E-state index contributed by atoms with van der Waals surface area (Å²) in [5.74, 6) is 0.915. The Hall–Kier alpha value is -1.75. The molecule has 2 aromatic rings. The van der Waals surface area contributed by atoms with Crippen LogP contribution < -0.4 is 5.32 Å². The lowest BCUT2D eigenvalue weighted by atomic mass is 10.1.